The molecule has 0 saturated heterocycles. The van der Waals surface area contributed by atoms with Gasteiger partial charge in [-0.1, -0.05) is 65.7 Å². The third-order valence-corrected chi connectivity index (χ3v) is 6.35. The van der Waals surface area contributed by atoms with E-state index < -0.39 is 22.0 Å². The van der Waals surface area contributed by atoms with Crippen molar-refractivity contribution < 1.29 is 13.2 Å². The summed E-state index contributed by atoms with van der Waals surface area (Å²) in [6.45, 7) is 1.78. The van der Waals surface area contributed by atoms with Crippen molar-refractivity contribution in [2.24, 2.45) is 0 Å². The highest BCUT2D eigenvalue weighted by molar-refractivity contribution is 7.92. The monoisotopic (exact) mass is 450 g/mol. The van der Waals surface area contributed by atoms with Crippen LogP contribution in [-0.2, 0) is 21.4 Å². The summed E-state index contributed by atoms with van der Waals surface area (Å²) in [6, 6.07) is 17.2. The van der Waals surface area contributed by atoms with Gasteiger partial charge in [-0.15, -0.1) is 0 Å². The molecule has 1 amide bonds. The topological polar surface area (TPSA) is 66.5 Å². The molecular formula is C21H20Cl2N2O3S. The van der Waals surface area contributed by atoms with Gasteiger partial charge in [-0.3, -0.25) is 9.10 Å². The average Bonchev–Trinajstić information content (AvgIpc) is 2.67. The van der Waals surface area contributed by atoms with Gasteiger partial charge in [0.05, 0.1) is 17.0 Å². The quantitative estimate of drug-likeness (QED) is 0.595. The minimum Gasteiger partial charge on any atom is -0.350 e. The van der Waals surface area contributed by atoms with Crippen LogP contribution in [0.5, 0.6) is 0 Å². The second-order valence-corrected chi connectivity index (χ2v) is 9.39. The van der Waals surface area contributed by atoms with Gasteiger partial charge in [0.2, 0.25) is 15.9 Å². The fourth-order valence-corrected chi connectivity index (χ4v) is 4.82. The number of hydrogen-bond donors (Lipinski definition) is 1. The van der Waals surface area contributed by atoms with Crippen molar-refractivity contribution in [3.05, 3.63) is 76.3 Å². The Morgan fingerprint density at radius 3 is 2.48 bits per heavy atom. The summed E-state index contributed by atoms with van der Waals surface area (Å²) in [5.41, 5.74) is 1.10. The van der Waals surface area contributed by atoms with Crippen molar-refractivity contribution in [3.63, 3.8) is 0 Å². The van der Waals surface area contributed by atoms with E-state index in [1.807, 2.05) is 42.5 Å². The molecule has 0 aliphatic carbocycles. The largest absolute Gasteiger partial charge is 0.350 e. The van der Waals surface area contributed by atoms with E-state index >= 15 is 0 Å². The lowest BCUT2D eigenvalue weighted by Gasteiger charge is -2.29. The van der Waals surface area contributed by atoms with Gasteiger partial charge in [-0.25, -0.2) is 8.42 Å². The maximum absolute atomic E-state index is 12.8. The molecule has 1 atom stereocenters. The van der Waals surface area contributed by atoms with E-state index in [0.717, 1.165) is 26.9 Å². The molecule has 3 aromatic carbocycles. The summed E-state index contributed by atoms with van der Waals surface area (Å²) in [5, 5.41) is 5.43. The first-order valence-corrected chi connectivity index (χ1v) is 11.5. The third-order valence-electron chi connectivity index (χ3n) is 4.57. The van der Waals surface area contributed by atoms with Gasteiger partial charge in [0, 0.05) is 11.6 Å². The fourth-order valence-electron chi connectivity index (χ4n) is 3.21. The highest BCUT2D eigenvalue weighted by atomic mass is 35.5. The number of hydrogen-bond acceptors (Lipinski definition) is 3. The molecule has 1 N–H and O–H groups in total. The molecule has 0 aliphatic rings. The summed E-state index contributed by atoms with van der Waals surface area (Å²) < 4.78 is 25.9. The van der Waals surface area contributed by atoms with Crippen molar-refractivity contribution in [1.29, 1.82) is 0 Å². The average molecular weight is 451 g/mol. The molecule has 0 aliphatic heterocycles. The Bertz CT molecular complexity index is 1160. The molecule has 5 nitrogen and oxygen atoms in total. The number of nitrogens with zero attached hydrogens (tertiary/aromatic N) is 1. The minimum atomic E-state index is -3.79. The zero-order valence-electron chi connectivity index (χ0n) is 15.9. The van der Waals surface area contributed by atoms with Gasteiger partial charge < -0.3 is 5.32 Å². The van der Waals surface area contributed by atoms with E-state index in [9.17, 15) is 13.2 Å². The molecule has 0 bridgehead atoms. The molecule has 0 heterocycles. The van der Waals surface area contributed by atoms with Crippen LogP contribution in [0.1, 0.15) is 12.5 Å². The lowest BCUT2D eigenvalue weighted by atomic mass is 10.0. The van der Waals surface area contributed by atoms with Crippen molar-refractivity contribution in [2.75, 3.05) is 10.6 Å². The van der Waals surface area contributed by atoms with Crippen LogP contribution in [0, 0.1) is 0 Å². The number of halogens is 2. The van der Waals surface area contributed by atoms with Crippen molar-refractivity contribution in [3.8, 4) is 0 Å². The molecule has 3 aromatic rings. The molecule has 0 saturated carbocycles. The number of nitrogens with one attached hydrogen (secondary N) is 1. The first-order chi connectivity index (χ1) is 13.7. The molecule has 0 spiro atoms. The minimum absolute atomic E-state index is 0.162. The number of carbonyl (C=O) groups excluding carboxylic acids is 1. The van der Waals surface area contributed by atoms with Crippen molar-refractivity contribution in [2.45, 2.75) is 19.5 Å². The van der Waals surface area contributed by atoms with Crippen molar-refractivity contribution >= 4 is 55.6 Å². The SMILES string of the molecule is C[C@@H](C(=O)NCc1cccc2ccccc12)N(c1cc(Cl)ccc1Cl)S(C)(=O)=O. The van der Waals surface area contributed by atoms with E-state index in [1.54, 1.807) is 6.07 Å². The number of rotatable bonds is 6. The maximum atomic E-state index is 12.8. The molecule has 0 radical (unpaired) electrons. The summed E-state index contributed by atoms with van der Waals surface area (Å²) >= 11 is 12.2. The van der Waals surface area contributed by atoms with Crippen LogP contribution in [0.4, 0.5) is 5.69 Å². The first kappa shape index (κ1) is 21.4. The molecule has 0 aromatic heterocycles. The highest BCUT2D eigenvalue weighted by Crippen LogP contribution is 2.32. The molecule has 8 heteroatoms. The van der Waals surface area contributed by atoms with Gasteiger partial charge in [-0.05, 0) is 41.5 Å². The predicted octanol–water partition coefficient (Wildman–Crippen LogP) is 4.62. The zero-order valence-corrected chi connectivity index (χ0v) is 18.2. The molecule has 0 fully saturated rings. The number of amides is 1. The van der Waals surface area contributed by atoms with Gasteiger partial charge in [0.1, 0.15) is 6.04 Å². The summed E-state index contributed by atoms with van der Waals surface area (Å²) in [5.74, 6) is -0.445. The summed E-state index contributed by atoms with van der Waals surface area (Å²) in [7, 11) is -3.79. The van der Waals surface area contributed by atoms with E-state index in [0.29, 0.717) is 5.02 Å². The predicted molar refractivity (Wildman–Crippen MR) is 119 cm³/mol. The van der Waals surface area contributed by atoms with Gasteiger partial charge in [-0.2, -0.15) is 0 Å². The van der Waals surface area contributed by atoms with Gasteiger partial charge in [0.25, 0.3) is 0 Å². The first-order valence-electron chi connectivity index (χ1n) is 8.87. The molecule has 3 rings (SSSR count). The number of carbonyl (C=O) groups is 1. The highest BCUT2D eigenvalue weighted by Gasteiger charge is 2.30. The second-order valence-electron chi connectivity index (χ2n) is 6.69. The van der Waals surface area contributed by atoms with Crippen LogP contribution in [0.25, 0.3) is 10.8 Å². The summed E-state index contributed by atoms with van der Waals surface area (Å²) in [6.07, 6.45) is 1.03. The Labute approximate surface area is 180 Å². The Morgan fingerprint density at radius 2 is 1.76 bits per heavy atom. The van der Waals surface area contributed by atoms with Gasteiger partial charge in [0.15, 0.2) is 0 Å². The lowest BCUT2D eigenvalue weighted by molar-refractivity contribution is -0.122. The van der Waals surface area contributed by atoms with Gasteiger partial charge >= 0.3 is 0 Å². The molecule has 0 unspecified atom stereocenters. The lowest BCUT2D eigenvalue weighted by Crippen LogP contribution is -2.47. The van der Waals surface area contributed by atoms with E-state index in [-0.39, 0.29) is 17.3 Å². The fraction of sp³-hybridized carbons (Fsp3) is 0.190. The van der Waals surface area contributed by atoms with Crippen LogP contribution < -0.4 is 9.62 Å². The molecule has 152 valence electrons. The van der Waals surface area contributed by atoms with E-state index in [1.165, 1.54) is 19.1 Å². The Balaban J connectivity index is 1.85. The third kappa shape index (κ3) is 4.83. The maximum Gasteiger partial charge on any atom is 0.243 e. The van der Waals surface area contributed by atoms with Crippen molar-refractivity contribution in [1.82, 2.24) is 5.32 Å². The Morgan fingerprint density at radius 1 is 1.07 bits per heavy atom. The Hall–Kier alpha value is -2.28. The zero-order chi connectivity index (χ0) is 21.2. The van der Waals surface area contributed by atoms with Crippen LogP contribution >= 0.6 is 23.2 Å². The number of benzene rings is 3. The normalized spacial score (nSPS) is 12.6. The van der Waals surface area contributed by atoms with E-state index in [4.69, 9.17) is 23.2 Å². The number of sulfonamides is 1. The van der Waals surface area contributed by atoms with Crippen LogP contribution in [0.3, 0.4) is 0 Å². The smallest absolute Gasteiger partial charge is 0.243 e. The van der Waals surface area contributed by atoms with Crippen LogP contribution in [0.15, 0.2) is 60.7 Å². The molecular weight excluding hydrogens is 431 g/mol. The molecule has 29 heavy (non-hydrogen) atoms. The van der Waals surface area contributed by atoms with E-state index in [2.05, 4.69) is 5.32 Å². The summed E-state index contributed by atoms with van der Waals surface area (Å²) in [4.78, 5) is 12.8. The second kappa shape index (κ2) is 8.61. The number of fused-ring (bicyclic) bond motifs is 1. The van der Waals surface area contributed by atoms with Crippen LogP contribution in [-0.4, -0.2) is 26.6 Å². The Kier molecular flexibility index (Phi) is 6.36. The number of anilines is 1. The standard InChI is InChI=1S/C21H20Cl2N2O3S/c1-14(25(29(2,27)28)20-12-17(22)10-11-19(20)23)21(26)24-13-16-8-5-7-15-6-3-4-9-18(15)16/h3-12,14H,13H2,1-2H3,(H,24,26)/t14-/m0/s1. The van der Waals surface area contributed by atoms with Crippen LogP contribution in [0.2, 0.25) is 10.0 Å².